The highest BCUT2D eigenvalue weighted by Crippen LogP contribution is 2.09. The van der Waals surface area contributed by atoms with Gasteiger partial charge in [0.25, 0.3) is 0 Å². The molecule has 1 aliphatic rings. The smallest absolute Gasteiger partial charge is 0.0594 e. The Hall–Kier alpha value is -0.120. The predicted octanol–water partition coefficient (Wildman–Crippen LogP) is 1.49. The quantitative estimate of drug-likeness (QED) is 0.750. The van der Waals surface area contributed by atoms with E-state index in [-0.39, 0.29) is 5.54 Å². The molecule has 1 aliphatic heterocycles. The van der Waals surface area contributed by atoms with Crippen molar-refractivity contribution in [2.45, 2.75) is 45.7 Å². The fourth-order valence-electron chi connectivity index (χ4n) is 1.99. The first kappa shape index (κ1) is 12.9. The molecule has 0 spiro atoms. The summed E-state index contributed by atoms with van der Waals surface area (Å²) in [5, 5.41) is 3.67. The predicted molar refractivity (Wildman–Crippen MR) is 64.2 cm³/mol. The lowest BCUT2D eigenvalue weighted by Crippen LogP contribution is -2.50. The third-order valence-electron chi connectivity index (χ3n) is 3.16. The molecule has 0 saturated carbocycles. The molecule has 1 heterocycles. The van der Waals surface area contributed by atoms with Gasteiger partial charge in [0.15, 0.2) is 0 Å². The van der Waals surface area contributed by atoms with E-state index in [4.69, 9.17) is 4.74 Å². The average molecular weight is 214 g/mol. The maximum Gasteiger partial charge on any atom is 0.0594 e. The van der Waals surface area contributed by atoms with Crippen molar-refractivity contribution in [3.05, 3.63) is 0 Å². The highest BCUT2D eigenvalue weighted by molar-refractivity contribution is 4.81. The summed E-state index contributed by atoms with van der Waals surface area (Å²) in [4.78, 5) is 2.48. The fraction of sp³-hybridized carbons (Fsp3) is 1.00. The zero-order valence-corrected chi connectivity index (χ0v) is 10.7. The molecule has 3 heteroatoms. The minimum atomic E-state index is 0.256. The molecule has 0 aromatic heterocycles. The zero-order chi connectivity index (χ0) is 11.3. The average Bonchev–Trinajstić information content (AvgIpc) is 2.18. The Morgan fingerprint density at radius 1 is 1.33 bits per heavy atom. The minimum absolute atomic E-state index is 0.256. The minimum Gasteiger partial charge on any atom is -0.379 e. The van der Waals surface area contributed by atoms with Gasteiger partial charge in [0.2, 0.25) is 0 Å². The molecule has 1 saturated heterocycles. The van der Waals surface area contributed by atoms with Crippen LogP contribution in [0, 0.1) is 0 Å². The highest BCUT2D eigenvalue weighted by atomic mass is 16.5. The van der Waals surface area contributed by atoms with Crippen LogP contribution >= 0.6 is 0 Å². The first-order valence-corrected chi connectivity index (χ1v) is 6.11. The number of ether oxygens (including phenoxy) is 1. The van der Waals surface area contributed by atoms with Crippen molar-refractivity contribution in [1.29, 1.82) is 0 Å². The lowest BCUT2D eigenvalue weighted by atomic mass is 10.0. The standard InChI is InChI=1S/C12H26N2O/c1-5-12(3,4)13-11(2)10-14-6-8-15-9-7-14/h11,13H,5-10H2,1-4H3. The van der Waals surface area contributed by atoms with E-state index in [1.165, 1.54) is 6.42 Å². The maximum absolute atomic E-state index is 5.34. The van der Waals surface area contributed by atoms with Crippen LogP contribution in [0.4, 0.5) is 0 Å². The summed E-state index contributed by atoms with van der Waals surface area (Å²) < 4.78 is 5.34. The first-order chi connectivity index (χ1) is 7.03. The number of nitrogens with zero attached hydrogens (tertiary/aromatic N) is 1. The Kier molecular flexibility index (Phi) is 5.03. The highest BCUT2D eigenvalue weighted by Gasteiger charge is 2.19. The van der Waals surface area contributed by atoms with E-state index in [2.05, 4.69) is 37.9 Å². The normalized spacial score (nSPS) is 21.6. The van der Waals surface area contributed by atoms with E-state index in [0.29, 0.717) is 6.04 Å². The summed E-state index contributed by atoms with van der Waals surface area (Å²) in [7, 11) is 0. The van der Waals surface area contributed by atoms with Crippen LogP contribution in [0.25, 0.3) is 0 Å². The van der Waals surface area contributed by atoms with Gasteiger partial charge in [-0.05, 0) is 27.2 Å². The van der Waals surface area contributed by atoms with E-state index in [0.717, 1.165) is 32.8 Å². The van der Waals surface area contributed by atoms with Gasteiger partial charge in [-0.3, -0.25) is 4.90 Å². The lowest BCUT2D eigenvalue weighted by molar-refractivity contribution is 0.0329. The van der Waals surface area contributed by atoms with Crippen LogP contribution in [0.15, 0.2) is 0 Å². The number of nitrogens with one attached hydrogen (secondary N) is 1. The van der Waals surface area contributed by atoms with Gasteiger partial charge in [-0.2, -0.15) is 0 Å². The molecule has 1 atom stereocenters. The van der Waals surface area contributed by atoms with Gasteiger partial charge in [-0.15, -0.1) is 0 Å². The van der Waals surface area contributed by atoms with E-state index >= 15 is 0 Å². The van der Waals surface area contributed by atoms with Crippen LogP contribution in [-0.4, -0.2) is 49.3 Å². The van der Waals surface area contributed by atoms with Crippen LogP contribution in [0.5, 0.6) is 0 Å². The number of rotatable bonds is 5. The SMILES string of the molecule is CCC(C)(C)NC(C)CN1CCOCC1. The summed E-state index contributed by atoms with van der Waals surface area (Å²) in [6.07, 6.45) is 1.17. The number of morpholine rings is 1. The Morgan fingerprint density at radius 2 is 1.93 bits per heavy atom. The Labute approximate surface area is 94.2 Å². The molecular formula is C12H26N2O. The van der Waals surface area contributed by atoms with Gasteiger partial charge in [-0.25, -0.2) is 0 Å². The molecule has 0 aromatic rings. The van der Waals surface area contributed by atoms with Gasteiger partial charge in [0.05, 0.1) is 13.2 Å². The van der Waals surface area contributed by atoms with Gasteiger partial charge in [0, 0.05) is 31.2 Å². The molecule has 0 radical (unpaired) electrons. The van der Waals surface area contributed by atoms with Crippen molar-refractivity contribution in [2.24, 2.45) is 0 Å². The molecule has 90 valence electrons. The van der Waals surface area contributed by atoms with E-state index in [9.17, 15) is 0 Å². The fourth-order valence-corrected chi connectivity index (χ4v) is 1.99. The van der Waals surface area contributed by atoms with Crippen LogP contribution in [0.2, 0.25) is 0 Å². The Balaban J connectivity index is 2.25. The molecule has 0 aliphatic carbocycles. The molecule has 15 heavy (non-hydrogen) atoms. The van der Waals surface area contributed by atoms with Crippen molar-refractivity contribution in [2.75, 3.05) is 32.8 Å². The third-order valence-corrected chi connectivity index (χ3v) is 3.16. The molecular weight excluding hydrogens is 188 g/mol. The summed E-state index contributed by atoms with van der Waals surface area (Å²) in [5.41, 5.74) is 0.256. The lowest BCUT2D eigenvalue weighted by Gasteiger charge is -2.34. The van der Waals surface area contributed by atoms with Crippen LogP contribution in [-0.2, 0) is 4.74 Å². The first-order valence-electron chi connectivity index (χ1n) is 6.11. The number of hydrogen-bond acceptors (Lipinski definition) is 3. The van der Waals surface area contributed by atoms with Gasteiger partial charge in [0.1, 0.15) is 0 Å². The van der Waals surface area contributed by atoms with Crippen molar-refractivity contribution < 1.29 is 4.74 Å². The van der Waals surface area contributed by atoms with Crippen molar-refractivity contribution in [3.8, 4) is 0 Å². The summed E-state index contributed by atoms with van der Waals surface area (Å²) in [5.74, 6) is 0. The van der Waals surface area contributed by atoms with Gasteiger partial charge < -0.3 is 10.1 Å². The molecule has 0 aromatic carbocycles. The zero-order valence-electron chi connectivity index (χ0n) is 10.7. The van der Waals surface area contributed by atoms with Crippen LogP contribution in [0.1, 0.15) is 34.1 Å². The van der Waals surface area contributed by atoms with Crippen LogP contribution in [0.3, 0.4) is 0 Å². The Morgan fingerprint density at radius 3 is 2.47 bits per heavy atom. The summed E-state index contributed by atoms with van der Waals surface area (Å²) >= 11 is 0. The molecule has 1 fully saturated rings. The van der Waals surface area contributed by atoms with Gasteiger partial charge in [-0.1, -0.05) is 6.92 Å². The van der Waals surface area contributed by atoms with E-state index < -0.39 is 0 Å². The largest absolute Gasteiger partial charge is 0.379 e. The number of hydrogen-bond donors (Lipinski definition) is 1. The molecule has 0 bridgehead atoms. The second kappa shape index (κ2) is 5.83. The third kappa shape index (κ3) is 4.96. The summed E-state index contributed by atoms with van der Waals surface area (Å²) in [6, 6.07) is 0.554. The Bertz CT molecular complexity index is 176. The maximum atomic E-state index is 5.34. The topological polar surface area (TPSA) is 24.5 Å². The summed E-state index contributed by atoms with van der Waals surface area (Å²) in [6.45, 7) is 14.1. The van der Waals surface area contributed by atoms with Crippen molar-refractivity contribution in [3.63, 3.8) is 0 Å². The molecule has 0 amide bonds. The van der Waals surface area contributed by atoms with E-state index in [1.54, 1.807) is 0 Å². The monoisotopic (exact) mass is 214 g/mol. The van der Waals surface area contributed by atoms with Gasteiger partial charge >= 0.3 is 0 Å². The van der Waals surface area contributed by atoms with Crippen LogP contribution < -0.4 is 5.32 Å². The molecule has 3 nitrogen and oxygen atoms in total. The van der Waals surface area contributed by atoms with Crippen molar-refractivity contribution in [1.82, 2.24) is 10.2 Å². The molecule has 1 unspecified atom stereocenters. The molecule has 1 N–H and O–H groups in total. The van der Waals surface area contributed by atoms with Crippen molar-refractivity contribution >= 4 is 0 Å². The second-order valence-electron chi connectivity index (χ2n) is 5.20. The van der Waals surface area contributed by atoms with E-state index in [1.807, 2.05) is 0 Å². The molecule has 1 rings (SSSR count). The second-order valence-corrected chi connectivity index (χ2v) is 5.20.